The molecule has 5 heteroatoms. The summed E-state index contributed by atoms with van der Waals surface area (Å²) >= 11 is 0. The topological polar surface area (TPSA) is 92.4 Å². The predicted molar refractivity (Wildman–Crippen MR) is 81.9 cm³/mol. The van der Waals surface area contributed by atoms with Crippen LogP contribution in [0.4, 0.5) is 0 Å². The summed E-state index contributed by atoms with van der Waals surface area (Å²) in [6, 6.07) is 9.27. The van der Waals surface area contributed by atoms with Gasteiger partial charge in [-0.25, -0.2) is 0 Å². The molecule has 1 rings (SSSR count). The Bertz CT molecular complexity index is 470. The monoisotopic (exact) mass is 292 g/mol. The number of aliphatic carboxylic acids is 1. The van der Waals surface area contributed by atoms with Crippen LogP contribution < -0.4 is 11.1 Å². The fourth-order valence-corrected chi connectivity index (χ4v) is 2.34. The van der Waals surface area contributed by atoms with E-state index in [9.17, 15) is 14.7 Å². The lowest BCUT2D eigenvalue weighted by molar-refractivity contribution is -0.149. The summed E-state index contributed by atoms with van der Waals surface area (Å²) in [5.74, 6) is -1.56. The Kier molecular flexibility index (Phi) is 6.37. The van der Waals surface area contributed by atoms with Gasteiger partial charge in [0.15, 0.2) is 0 Å². The second-order valence-electron chi connectivity index (χ2n) is 5.21. The number of nitrogens with two attached hydrogens (primary N) is 1. The lowest BCUT2D eigenvalue weighted by Gasteiger charge is -2.28. The minimum atomic E-state index is -0.911. The Morgan fingerprint density at radius 3 is 2.24 bits per heavy atom. The SMILES string of the molecule is CCC(CC)(CNC(=O)C(CN)c1ccccc1)C(=O)O. The molecule has 116 valence electrons. The van der Waals surface area contributed by atoms with Crippen molar-refractivity contribution < 1.29 is 14.7 Å². The number of hydrogen-bond acceptors (Lipinski definition) is 3. The summed E-state index contributed by atoms with van der Waals surface area (Å²) in [5, 5.41) is 12.1. The molecule has 0 aromatic heterocycles. The van der Waals surface area contributed by atoms with Crippen molar-refractivity contribution in [2.24, 2.45) is 11.1 Å². The van der Waals surface area contributed by atoms with Gasteiger partial charge in [-0.05, 0) is 18.4 Å². The maximum Gasteiger partial charge on any atom is 0.311 e. The van der Waals surface area contributed by atoms with Crippen LogP contribution in [0.1, 0.15) is 38.2 Å². The van der Waals surface area contributed by atoms with Gasteiger partial charge in [0.1, 0.15) is 0 Å². The van der Waals surface area contributed by atoms with Crippen LogP contribution >= 0.6 is 0 Å². The molecule has 1 aromatic carbocycles. The van der Waals surface area contributed by atoms with Gasteiger partial charge in [-0.15, -0.1) is 0 Å². The van der Waals surface area contributed by atoms with Crippen molar-refractivity contribution in [3.8, 4) is 0 Å². The highest BCUT2D eigenvalue weighted by atomic mass is 16.4. The van der Waals surface area contributed by atoms with E-state index in [1.165, 1.54) is 0 Å². The van der Waals surface area contributed by atoms with Gasteiger partial charge in [-0.1, -0.05) is 44.2 Å². The quantitative estimate of drug-likeness (QED) is 0.680. The van der Waals surface area contributed by atoms with Crippen LogP contribution in [0.25, 0.3) is 0 Å². The minimum Gasteiger partial charge on any atom is -0.481 e. The third-order valence-electron chi connectivity index (χ3n) is 4.16. The van der Waals surface area contributed by atoms with E-state index >= 15 is 0 Å². The number of carboxylic acids is 1. The Labute approximate surface area is 125 Å². The molecule has 0 aliphatic heterocycles. The Morgan fingerprint density at radius 1 is 1.24 bits per heavy atom. The zero-order valence-corrected chi connectivity index (χ0v) is 12.6. The van der Waals surface area contributed by atoms with E-state index in [0.29, 0.717) is 12.8 Å². The van der Waals surface area contributed by atoms with E-state index in [1.807, 2.05) is 44.2 Å². The predicted octanol–water partition coefficient (Wildman–Crippen LogP) is 1.74. The first-order chi connectivity index (χ1) is 10.0. The first-order valence-electron chi connectivity index (χ1n) is 7.26. The second-order valence-corrected chi connectivity index (χ2v) is 5.21. The molecule has 1 unspecified atom stereocenters. The van der Waals surface area contributed by atoms with Gasteiger partial charge < -0.3 is 16.2 Å². The van der Waals surface area contributed by atoms with E-state index in [4.69, 9.17) is 5.73 Å². The molecular weight excluding hydrogens is 268 g/mol. The van der Waals surface area contributed by atoms with Crippen LogP contribution in [0.3, 0.4) is 0 Å². The molecule has 4 N–H and O–H groups in total. The molecule has 0 fully saturated rings. The maximum absolute atomic E-state index is 12.3. The summed E-state index contributed by atoms with van der Waals surface area (Å²) in [5.41, 5.74) is 5.62. The molecule has 0 heterocycles. The number of benzene rings is 1. The molecule has 1 aromatic rings. The summed E-state index contributed by atoms with van der Waals surface area (Å²) in [6.45, 7) is 3.95. The summed E-state index contributed by atoms with van der Waals surface area (Å²) in [6.07, 6.45) is 0.940. The van der Waals surface area contributed by atoms with Crippen molar-refractivity contribution in [2.45, 2.75) is 32.6 Å². The van der Waals surface area contributed by atoms with Gasteiger partial charge in [0, 0.05) is 13.1 Å². The summed E-state index contributed by atoms with van der Waals surface area (Å²) < 4.78 is 0. The van der Waals surface area contributed by atoms with Gasteiger partial charge in [-0.2, -0.15) is 0 Å². The van der Waals surface area contributed by atoms with E-state index < -0.39 is 17.3 Å². The van der Waals surface area contributed by atoms with Crippen LogP contribution in [0, 0.1) is 5.41 Å². The van der Waals surface area contributed by atoms with Crippen LogP contribution in [-0.4, -0.2) is 30.1 Å². The highest BCUT2D eigenvalue weighted by molar-refractivity contribution is 5.85. The molecular formula is C16H24N2O3. The molecule has 1 amide bonds. The molecule has 0 aliphatic carbocycles. The molecule has 1 atom stereocenters. The molecule has 0 bridgehead atoms. The lowest BCUT2D eigenvalue weighted by Crippen LogP contribution is -2.44. The Hall–Kier alpha value is -1.88. The summed E-state index contributed by atoms with van der Waals surface area (Å²) in [4.78, 5) is 23.7. The number of nitrogens with one attached hydrogen (secondary N) is 1. The number of hydrogen-bond donors (Lipinski definition) is 3. The fourth-order valence-electron chi connectivity index (χ4n) is 2.34. The number of carbonyl (C=O) groups excluding carboxylic acids is 1. The highest BCUT2D eigenvalue weighted by Crippen LogP contribution is 2.26. The molecule has 0 saturated carbocycles. The van der Waals surface area contributed by atoms with E-state index in [-0.39, 0.29) is 19.0 Å². The average molecular weight is 292 g/mol. The molecule has 21 heavy (non-hydrogen) atoms. The Morgan fingerprint density at radius 2 is 1.81 bits per heavy atom. The lowest BCUT2D eigenvalue weighted by atomic mass is 9.82. The van der Waals surface area contributed by atoms with E-state index in [0.717, 1.165) is 5.56 Å². The maximum atomic E-state index is 12.3. The standard InChI is InChI=1S/C16H24N2O3/c1-3-16(4-2,15(20)21)11-18-14(19)13(10-17)12-8-6-5-7-9-12/h5-9,13H,3-4,10-11,17H2,1-2H3,(H,18,19)(H,20,21). The molecule has 0 saturated heterocycles. The first kappa shape index (κ1) is 17.2. The van der Waals surface area contributed by atoms with Gasteiger partial charge in [0.2, 0.25) is 5.91 Å². The van der Waals surface area contributed by atoms with E-state index in [1.54, 1.807) is 0 Å². The van der Waals surface area contributed by atoms with Crippen molar-refractivity contribution in [3.05, 3.63) is 35.9 Å². The normalized spacial score (nSPS) is 12.7. The van der Waals surface area contributed by atoms with Gasteiger partial charge in [-0.3, -0.25) is 9.59 Å². The first-order valence-corrected chi connectivity index (χ1v) is 7.26. The fraction of sp³-hybridized carbons (Fsp3) is 0.500. The summed E-state index contributed by atoms with van der Waals surface area (Å²) in [7, 11) is 0. The van der Waals surface area contributed by atoms with E-state index in [2.05, 4.69) is 5.32 Å². The third-order valence-corrected chi connectivity index (χ3v) is 4.16. The van der Waals surface area contributed by atoms with Crippen molar-refractivity contribution in [3.63, 3.8) is 0 Å². The van der Waals surface area contributed by atoms with Crippen molar-refractivity contribution in [2.75, 3.05) is 13.1 Å². The number of carbonyl (C=O) groups is 2. The van der Waals surface area contributed by atoms with Gasteiger partial charge in [0.25, 0.3) is 0 Å². The third kappa shape index (κ3) is 4.04. The number of rotatable bonds is 8. The highest BCUT2D eigenvalue weighted by Gasteiger charge is 2.35. The second kappa shape index (κ2) is 7.78. The van der Waals surface area contributed by atoms with Gasteiger partial charge >= 0.3 is 5.97 Å². The van der Waals surface area contributed by atoms with Crippen LogP contribution in [0.5, 0.6) is 0 Å². The Balaban J connectivity index is 2.78. The largest absolute Gasteiger partial charge is 0.481 e. The molecule has 0 aliphatic rings. The molecule has 0 radical (unpaired) electrons. The van der Waals surface area contributed by atoms with Gasteiger partial charge in [0.05, 0.1) is 11.3 Å². The van der Waals surface area contributed by atoms with Crippen LogP contribution in [-0.2, 0) is 9.59 Å². The number of amides is 1. The average Bonchev–Trinajstić information content (AvgIpc) is 2.50. The number of carboxylic acid groups (broad SMARTS) is 1. The molecule has 5 nitrogen and oxygen atoms in total. The van der Waals surface area contributed by atoms with Crippen molar-refractivity contribution in [1.82, 2.24) is 5.32 Å². The van der Waals surface area contributed by atoms with Crippen LogP contribution in [0.15, 0.2) is 30.3 Å². The zero-order valence-electron chi connectivity index (χ0n) is 12.6. The minimum absolute atomic E-state index is 0.123. The van der Waals surface area contributed by atoms with Crippen molar-refractivity contribution >= 4 is 11.9 Å². The smallest absolute Gasteiger partial charge is 0.311 e. The van der Waals surface area contributed by atoms with Crippen LogP contribution in [0.2, 0.25) is 0 Å². The molecule has 0 spiro atoms. The zero-order chi connectivity index (χ0) is 15.9. The van der Waals surface area contributed by atoms with Crippen molar-refractivity contribution in [1.29, 1.82) is 0 Å².